The van der Waals surface area contributed by atoms with Gasteiger partial charge in [0.05, 0.1) is 19.2 Å². The normalized spacial score (nSPS) is 12.4. The van der Waals surface area contributed by atoms with Crippen molar-refractivity contribution in [2.45, 2.75) is 33.2 Å². The number of nitrogens with one attached hydrogen (secondary N) is 2. The van der Waals surface area contributed by atoms with Gasteiger partial charge in [-0.1, -0.05) is 32.9 Å². The highest BCUT2D eigenvalue weighted by atomic mass is 16.5. The topological polar surface area (TPSA) is 87.7 Å². The highest BCUT2D eigenvalue weighted by molar-refractivity contribution is 5.91. The molecule has 0 radical (unpaired) electrons. The summed E-state index contributed by atoms with van der Waals surface area (Å²) in [5, 5.41) is 14.3. The van der Waals surface area contributed by atoms with E-state index in [-0.39, 0.29) is 11.8 Å². The van der Waals surface area contributed by atoms with Crippen LogP contribution in [-0.4, -0.2) is 30.3 Å². The second-order valence-electron chi connectivity index (χ2n) is 5.82. The lowest BCUT2D eigenvalue weighted by Gasteiger charge is -2.30. The average Bonchev–Trinajstić information content (AvgIpc) is 2.37. The highest BCUT2D eigenvalue weighted by Gasteiger charge is 2.28. The number of aliphatic carboxylic acids is 1. The van der Waals surface area contributed by atoms with Gasteiger partial charge in [0.1, 0.15) is 5.75 Å². The number of ether oxygens (including phenoxy) is 1. The molecule has 0 bridgehead atoms. The van der Waals surface area contributed by atoms with E-state index in [4.69, 9.17) is 9.84 Å². The number of hydrogen-bond donors (Lipinski definition) is 3. The molecule has 6 nitrogen and oxygen atoms in total. The standard InChI is InChI=1S/C15H22N2O4/c1-15(2,3)12(9-13(18)19)17-14(20)16-10-7-5-6-8-11(10)21-4/h5-8,12H,9H2,1-4H3,(H,18,19)(H2,16,17,20). The monoisotopic (exact) mass is 294 g/mol. The largest absolute Gasteiger partial charge is 0.495 e. The maximum atomic E-state index is 12.0. The predicted octanol–water partition coefficient (Wildman–Crippen LogP) is 2.71. The number of benzene rings is 1. The first-order chi connectivity index (χ1) is 9.74. The molecule has 0 saturated heterocycles. The molecular weight excluding hydrogens is 272 g/mol. The molecule has 0 fully saturated rings. The fourth-order valence-electron chi connectivity index (χ4n) is 1.81. The minimum Gasteiger partial charge on any atom is -0.495 e. The molecule has 1 atom stereocenters. The van der Waals surface area contributed by atoms with Gasteiger partial charge in [0.25, 0.3) is 0 Å². The Morgan fingerprint density at radius 1 is 1.29 bits per heavy atom. The third kappa shape index (κ3) is 5.33. The molecule has 1 unspecified atom stereocenters. The Balaban J connectivity index is 2.76. The Morgan fingerprint density at radius 3 is 2.43 bits per heavy atom. The second kappa shape index (κ2) is 6.97. The maximum Gasteiger partial charge on any atom is 0.319 e. The summed E-state index contributed by atoms with van der Waals surface area (Å²) < 4.78 is 5.15. The lowest BCUT2D eigenvalue weighted by molar-refractivity contribution is -0.138. The van der Waals surface area contributed by atoms with Gasteiger partial charge in [0.15, 0.2) is 0 Å². The van der Waals surface area contributed by atoms with Crippen LogP contribution in [0.3, 0.4) is 0 Å². The van der Waals surface area contributed by atoms with Crippen molar-refractivity contribution in [2.75, 3.05) is 12.4 Å². The van der Waals surface area contributed by atoms with Crippen molar-refractivity contribution in [1.82, 2.24) is 5.32 Å². The zero-order valence-corrected chi connectivity index (χ0v) is 12.8. The van der Waals surface area contributed by atoms with Crippen LogP contribution in [0.25, 0.3) is 0 Å². The summed E-state index contributed by atoms with van der Waals surface area (Å²) >= 11 is 0. The molecular formula is C15H22N2O4. The zero-order valence-electron chi connectivity index (χ0n) is 12.8. The Kier molecular flexibility index (Phi) is 5.58. The zero-order chi connectivity index (χ0) is 16.0. The molecule has 0 aliphatic carbocycles. The van der Waals surface area contributed by atoms with E-state index >= 15 is 0 Å². The molecule has 1 aromatic rings. The first-order valence-corrected chi connectivity index (χ1v) is 6.66. The first kappa shape index (κ1) is 16.8. The Morgan fingerprint density at radius 2 is 1.90 bits per heavy atom. The minimum absolute atomic E-state index is 0.136. The van der Waals surface area contributed by atoms with Crippen LogP contribution < -0.4 is 15.4 Å². The molecule has 1 aromatic carbocycles. The van der Waals surface area contributed by atoms with Crippen molar-refractivity contribution in [2.24, 2.45) is 5.41 Å². The number of anilines is 1. The molecule has 0 saturated carbocycles. The van der Waals surface area contributed by atoms with Crippen LogP contribution in [0.5, 0.6) is 5.75 Å². The number of urea groups is 1. The van der Waals surface area contributed by atoms with Gasteiger partial charge in [-0.2, -0.15) is 0 Å². The van der Waals surface area contributed by atoms with Crippen molar-refractivity contribution in [3.63, 3.8) is 0 Å². The number of carboxylic acids is 1. The number of amides is 2. The van der Waals surface area contributed by atoms with Crippen molar-refractivity contribution < 1.29 is 19.4 Å². The molecule has 0 spiro atoms. The summed E-state index contributed by atoms with van der Waals surface area (Å²) in [6.45, 7) is 5.64. The molecule has 0 aliphatic rings. The van der Waals surface area contributed by atoms with Gasteiger partial charge in [0.2, 0.25) is 0 Å². The van der Waals surface area contributed by atoms with Crippen molar-refractivity contribution in [3.05, 3.63) is 24.3 Å². The summed E-state index contributed by atoms with van der Waals surface area (Å²) in [4.78, 5) is 23.0. The van der Waals surface area contributed by atoms with Crippen LogP contribution >= 0.6 is 0 Å². The third-order valence-corrected chi connectivity index (χ3v) is 3.08. The second-order valence-corrected chi connectivity index (χ2v) is 5.82. The van der Waals surface area contributed by atoms with Gasteiger partial charge < -0.3 is 20.5 Å². The third-order valence-electron chi connectivity index (χ3n) is 3.08. The SMILES string of the molecule is COc1ccccc1NC(=O)NC(CC(=O)O)C(C)(C)C. The van der Waals surface area contributed by atoms with Crippen LogP contribution in [0.15, 0.2) is 24.3 Å². The summed E-state index contributed by atoms with van der Waals surface area (Å²) in [5.41, 5.74) is 0.164. The fraction of sp³-hybridized carbons (Fsp3) is 0.467. The van der Waals surface area contributed by atoms with Crippen molar-refractivity contribution >= 4 is 17.7 Å². The van der Waals surface area contributed by atoms with Gasteiger partial charge in [0, 0.05) is 6.04 Å². The lowest BCUT2D eigenvalue weighted by Crippen LogP contribution is -2.46. The molecule has 0 heterocycles. The van der Waals surface area contributed by atoms with Gasteiger partial charge in [-0.25, -0.2) is 4.79 Å². The smallest absolute Gasteiger partial charge is 0.319 e. The Bertz CT molecular complexity index is 509. The van der Waals surface area contributed by atoms with E-state index in [1.54, 1.807) is 24.3 Å². The molecule has 21 heavy (non-hydrogen) atoms. The summed E-state index contributed by atoms with van der Waals surface area (Å²) in [7, 11) is 1.51. The van der Waals surface area contributed by atoms with E-state index in [1.165, 1.54) is 7.11 Å². The number of hydrogen-bond acceptors (Lipinski definition) is 3. The van der Waals surface area contributed by atoms with Gasteiger partial charge >= 0.3 is 12.0 Å². The van der Waals surface area contributed by atoms with Gasteiger partial charge in [-0.3, -0.25) is 4.79 Å². The minimum atomic E-state index is -0.951. The molecule has 2 amide bonds. The number of para-hydroxylation sites is 2. The summed E-state index contributed by atoms with van der Waals surface area (Å²) in [5.74, 6) is -0.411. The number of carbonyl (C=O) groups is 2. The van der Waals surface area contributed by atoms with Gasteiger partial charge in [-0.15, -0.1) is 0 Å². The number of carboxylic acid groups (broad SMARTS) is 1. The van der Waals surface area contributed by atoms with Crippen molar-refractivity contribution in [3.8, 4) is 5.75 Å². The van der Waals surface area contributed by atoms with E-state index in [9.17, 15) is 9.59 Å². The molecule has 0 aliphatic heterocycles. The van der Waals surface area contributed by atoms with E-state index in [0.29, 0.717) is 11.4 Å². The maximum absolute atomic E-state index is 12.0. The van der Waals surface area contributed by atoms with Crippen LogP contribution in [0.4, 0.5) is 10.5 Å². The van der Waals surface area contributed by atoms with Crippen molar-refractivity contribution in [1.29, 1.82) is 0 Å². The highest BCUT2D eigenvalue weighted by Crippen LogP contribution is 2.24. The quantitative estimate of drug-likeness (QED) is 0.779. The van der Waals surface area contributed by atoms with Crippen LogP contribution in [0.2, 0.25) is 0 Å². The summed E-state index contributed by atoms with van der Waals surface area (Å²) in [6.07, 6.45) is -0.136. The summed E-state index contributed by atoms with van der Waals surface area (Å²) in [6, 6.07) is 6.07. The fourth-order valence-corrected chi connectivity index (χ4v) is 1.81. The predicted molar refractivity (Wildman–Crippen MR) is 80.6 cm³/mol. The van der Waals surface area contributed by atoms with Crippen LogP contribution in [0, 0.1) is 5.41 Å². The number of rotatable bonds is 5. The van der Waals surface area contributed by atoms with E-state index in [2.05, 4.69) is 10.6 Å². The Hall–Kier alpha value is -2.24. The number of methoxy groups -OCH3 is 1. The molecule has 1 rings (SSSR count). The van der Waals surface area contributed by atoms with E-state index < -0.39 is 18.0 Å². The molecule has 3 N–H and O–H groups in total. The average molecular weight is 294 g/mol. The van der Waals surface area contributed by atoms with E-state index in [0.717, 1.165) is 0 Å². The number of carbonyl (C=O) groups excluding carboxylic acids is 1. The first-order valence-electron chi connectivity index (χ1n) is 6.66. The van der Waals surface area contributed by atoms with Gasteiger partial charge in [-0.05, 0) is 17.5 Å². The molecule has 0 aromatic heterocycles. The van der Waals surface area contributed by atoms with Crippen LogP contribution in [0.1, 0.15) is 27.2 Å². The lowest BCUT2D eigenvalue weighted by atomic mass is 9.85. The molecule has 6 heteroatoms. The van der Waals surface area contributed by atoms with E-state index in [1.807, 2.05) is 20.8 Å². The Labute approximate surface area is 124 Å². The van der Waals surface area contributed by atoms with Crippen LogP contribution in [-0.2, 0) is 4.79 Å². The molecule has 116 valence electrons.